The van der Waals surface area contributed by atoms with Gasteiger partial charge in [-0.15, -0.1) is 0 Å². The van der Waals surface area contributed by atoms with Crippen molar-refractivity contribution < 1.29 is 13.5 Å². The van der Waals surface area contributed by atoms with E-state index in [1.165, 1.54) is 0 Å². The smallest absolute Gasteiger partial charge is 0.152 e. The summed E-state index contributed by atoms with van der Waals surface area (Å²) in [5.41, 5.74) is 5.27. The van der Waals surface area contributed by atoms with Crippen LogP contribution in [0.4, 0.5) is 14.5 Å². The molecule has 0 aliphatic heterocycles. The quantitative estimate of drug-likeness (QED) is 0.620. The van der Waals surface area contributed by atoms with Gasteiger partial charge in [0.2, 0.25) is 0 Å². The molecule has 0 heterocycles. The number of halogens is 2. The Morgan fingerprint density at radius 3 is 2.62 bits per heavy atom. The molecule has 16 heavy (non-hydrogen) atoms. The first kappa shape index (κ1) is 12.7. The molecule has 1 rings (SSSR count). The molecule has 2 N–H and O–H groups in total. The first-order valence-electron chi connectivity index (χ1n) is 5.02. The lowest BCUT2D eigenvalue weighted by molar-refractivity contribution is 0.281. The molecule has 0 unspecified atom stereocenters. The normalized spacial score (nSPS) is 10.8. The van der Waals surface area contributed by atoms with E-state index in [4.69, 9.17) is 10.5 Å². The van der Waals surface area contributed by atoms with Gasteiger partial charge in [0, 0.05) is 18.7 Å². The molecule has 0 spiro atoms. The molecule has 0 radical (unpaired) electrons. The molecule has 0 aromatic heterocycles. The van der Waals surface area contributed by atoms with Crippen molar-refractivity contribution in [1.29, 1.82) is 0 Å². The first-order chi connectivity index (χ1) is 7.50. The summed E-state index contributed by atoms with van der Waals surface area (Å²) in [4.78, 5) is 2.00. The van der Waals surface area contributed by atoms with Gasteiger partial charge in [-0.1, -0.05) is 0 Å². The van der Waals surface area contributed by atoms with E-state index in [1.807, 2.05) is 19.0 Å². The molecule has 0 saturated carbocycles. The van der Waals surface area contributed by atoms with Gasteiger partial charge in [-0.3, -0.25) is 0 Å². The van der Waals surface area contributed by atoms with Crippen LogP contribution in [0.1, 0.15) is 6.42 Å². The second-order valence-corrected chi connectivity index (χ2v) is 3.80. The molecule has 0 amide bonds. The van der Waals surface area contributed by atoms with Crippen molar-refractivity contribution in [3.8, 4) is 5.75 Å². The van der Waals surface area contributed by atoms with Gasteiger partial charge in [-0.05, 0) is 20.5 Å². The Hall–Kier alpha value is -1.36. The second-order valence-electron chi connectivity index (χ2n) is 3.80. The minimum atomic E-state index is -0.789. The Bertz CT molecular complexity index is 356. The molecule has 0 saturated heterocycles. The van der Waals surface area contributed by atoms with Crippen LogP contribution in [0, 0.1) is 11.6 Å². The van der Waals surface area contributed by atoms with Crippen LogP contribution >= 0.6 is 0 Å². The number of nitrogens with two attached hydrogens (primary N) is 1. The third kappa shape index (κ3) is 3.66. The predicted molar refractivity (Wildman–Crippen MR) is 59.4 cm³/mol. The third-order valence-corrected chi connectivity index (χ3v) is 2.06. The Balaban J connectivity index is 2.53. The summed E-state index contributed by atoms with van der Waals surface area (Å²) in [5.74, 6) is -1.41. The van der Waals surface area contributed by atoms with E-state index in [9.17, 15) is 8.78 Å². The maximum absolute atomic E-state index is 13.0. The van der Waals surface area contributed by atoms with E-state index in [0.29, 0.717) is 6.61 Å². The third-order valence-electron chi connectivity index (χ3n) is 2.06. The van der Waals surface area contributed by atoms with Crippen molar-refractivity contribution in [2.24, 2.45) is 0 Å². The minimum absolute atomic E-state index is 0.0660. The van der Waals surface area contributed by atoms with E-state index in [-0.39, 0.29) is 11.4 Å². The summed E-state index contributed by atoms with van der Waals surface area (Å²) < 4.78 is 31.1. The number of ether oxygens (including phenoxy) is 1. The maximum Gasteiger partial charge on any atom is 0.152 e. The second kappa shape index (κ2) is 5.65. The summed E-state index contributed by atoms with van der Waals surface area (Å²) in [7, 11) is 3.88. The van der Waals surface area contributed by atoms with Gasteiger partial charge in [0.25, 0.3) is 0 Å². The number of rotatable bonds is 5. The highest BCUT2D eigenvalue weighted by Gasteiger charge is 2.08. The highest BCUT2D eigenvalue weighted by Crippen LogP contribution is 2.25. The van der Waals surface area contributed by atoms with Crippen LogP contribution in [-0.2, 0) is 0 Å². The zero-order valence-electron chi connectivity index (χ0n) is 9.46. The highest BCUT2D eigenvalue weighted by atomic mass is 19.1. The molecular formula is C11H16F2N2O. The van der Waals surface area contributed by atoms with E-state index in [1.54, 1.807) is 0 Å². The molecule has 0 atom stereocenters. The van der Waals surface area contributed by atoms with Crippen molar-refractivity contribution in [2.45, 2.75) is 6.42 Å². The van der Waals surface area contributed by atoms with Crippen LogP contribution in [0.15, 0.2) is 12.1 Å². The minimum Gasteiger partial charge on any atom is -0.491 e. The summed E-state index contributed by atoms with van der Waals surface area (Å²) in [5, 5.41) is 0. The van der Waals surface area contributed by atoms with E-state index < -0.39 is 11.6 Å². The topological polar surface area (TPSA) is 38.5 Å². The number of hydrogen-bond acceptors (Lipinski definition) is 3. The van der Waals surface area contributed by atoms with Crippen molar-refractivity contribution in [1.82, 2.24) is 4.90 Å². The van der Waals surface area contributed by atoms with Crippen LogP contribution < -0.4 is 10.5 Å². The van der Waals surface area contributed by atoms with Crippen LogP contribution in [0.5, 0.6) is 5.75 Å². The molecule has 1 aromatic carbocycles. The number of hydrogen-bond donors (Lipinski definition) is 1. The molecule has 5 heteroatoms. The van der Waals surface area contributed by atoms with Gasteiger partial charge in [0.05, 0.1) is 6.61 Å². The Kier molecular flexibility index (Phi) is 4.49. The molecule has 0 bridgehead atoms. The Morgan fingerprint density at radius 1 is 1.31 bits per heavy atom. The standard InChI is InChI=1S/C11H16F2N2O/c1-15(2)4-3-5-16-10-7-8(12)6-9(13)11(10)14/h6-7H,3-5,14H2,1-2H3. The van der Waals surface area contributed by atoms with Gasteiger partial charge in [0.15, 0.2) is 5.82 Å². The SMILES string of the molecule is CN(C)CCCOc1cc(F)cc(F)c1N. The fourth-order valence-corrected chi connectivity index (χ4v) is 1.24. The zero-order valence-corrected chi connectivity index (χ0v) is 9.46. The molecule has 0 fully saturated rings. The fraction of sp³-hybridized carbons (Fsp3) is 0.455. The molecular weight excluding hydrogens is 214 g/mol. The van der Waals surface area contributed by atoms with Gasteiger partial charge in [0.1, 0.15) is 17.3 Å². The lowest BCUT2D eigenvalue weighted by Gasteiger charge is -2.12. The molecule has 3 nitrogen and oxygen atoms in total. The van der Waals surface area contributed by atoms with Gasteiger partial charge < -0.3 is 15.4 Å². The largest absolute Gasteiger partial charge is 0.491 e. The van der Waals surface area contributed by atoms with Crippen molar-refractivity contribution in [3.05, 3.63) is 23.8 Å². The number of benzene rings is 1. The maximum atomic E-state index is 13.0. The molecule has 1 aromatic rings. The highest BCUT2D eigenvalue weighted by molar-refractivity contribution is 5.53. The van der Waals surface area contributed by atoms with Gasteiger partial charge >= 0.3 is 0 Å². The van der Waals surface area contributed by atoms with Crippen molar-refractivity contribution >= 4 is 5.69 Å². The number of nitrogens with zero attached hydrogens (tertiary/aromatic N) is 1. The van der Waals surface area contributed by atoms with Crippen LogP contribution in [-0.4, -0.2) is 32.1 Å². The molecule has 90 valence electrons. The monoisotopic (exact) mass is 230 g/mol. The fourth-order valence-electron chi connectivity index (χ4n) is 1.24. The summed E-state index contributed by atoms with van der Waals surface area (Å²) in [6.07, 6.45) is 0.768. The summed E-state index contributed by atoms with van der Waals surface area (Å²) >= 11 is 0. The van der Waals surface area contributed by atoms with Gasteiger partial charge in [-0.25, -0.2) is 8.78 Å². The lowest BCUT2D eigenvalue weighted by Crippen LogP contribution is -2.15. The van der Waals surface area contributed by atoms with E-state index >= 15 is 0 Å². The number of nitrogen functional groups attached to an aromatic ring is 1. The van der Waals surface area contributed by atoms with Gasteiger partial charge in [-0.2, -0.15) is 0 Å². The van der Waals surface area contributed by atoms with E-state index in [2.05, 4.69) is 0 Å². The average Bonchev–Trinajstić information content (AvgIpc) is 2.19. The predicted octanol–water partition coefficient (Wildman–Crippen LogP) is 1.88. The average molecular weight is 230 g/mol. The van der Waals surface area contributed by atoms with Crippen LogP contribution in [0.3, 0.4) is 0 Å². The summed E-state index contributed by atoms with van der Waals surface area (Å²) in [6, 6.07) is 1.83. The van der Waals surface area contributed by atoms with Crippen molar-refractivity contribution in [3.63, 3.8) is 0 Å². The molecule has 0 aliphatic rings. The van der Waals surface area contributed by atoms with Crippen LogP contribution in [0.25, 0.3) is 0 Å². The lowest BCUT2D eigenvalue weighted by atomic mass is 10.3. The molecule has 0 aliphatic carbocycles. The first-order valence-corrected chi connectivity index (χ1v) is 5.02. The van der Waals surface area contributed by atoms with Crippen molar-refractivity contribution in [2.75, 3.05) is 33.0 Å². The van der Waals surface area contributed by atoms with Crippen LogP contribution in [0.2, 0.25) is 0 Å². The Morgan fingerprint density at radius 2 is 2.00 bits per heavy atom. The summed E-state index contributed by atoms with van der Waals surface area (Å²) in [6.45, 7) is 1.23. The Labute approximate surface area is 93.8 Å². The zero-order chi connectivity index (χ0) is 12.1. The van der Waals surface area contributed by atoms with E-state index in [0.717, 1.165) is 25.1 Å². The number of anilines is 1.